The van der Waals surface area contributed by atoms with Crippen molar-refractivity contribution in [3.8, 4) is 0 Å². The summed E-state index contributed by atoms with van der Waals surface area (Å²) in [6.45, 7) is 0. The fraction of sp³-hybridized carbons (Fsp3) is 0.167. The van der Waals surface area contributed by atoms with E-state index in [0.29, 0.717) is 17.1 Å². The molecule has 2 aromatic carbocycles. The molecule has 124 valence electrons. The number of benzene rings is 2. The van der Waals surface area contributed by atoms with Crippen molar-refractivity contribution in [2.45, 2.75) is 19.0 Å². The summed E-state index contributed by atoms with van der Waals surface area (Å²) in [6.07, 6.45) is -3.18. The third kappa shape index (κ3) is 3.31. The zero-order chi connectivity index (χ0) is 17.3. The minimum Gasteiger partial charge on any atom is -0.325 e. The van der Waals surface area contributed by atoms with E-state index in [0.717, 1.165) is 23.6 Å². The highest BCUT2D eigenvalue weighted by atomic mass is 35.5. The SMILES string of the molecule is O=C(NC1=C(c2ccc(Cl)cc2)CC1)c1ccccc1C(F)(F)F. The molecule has 0 saturated carbocycles. The summed E-state index contributed by atoms with van der Waals surface area (Å²) >= 11 is 5.85. The van der Waals surface area contributed by atoms with Crippen molar-refractivity contribution in [1.29, 1.82) is 0 Å². The Hall–Kier alpha value is -2.27. The summed E-state index contributed by atoms with van der Waals surface area (Å²) in [7, 11) is 0. The second-order valence-electron chi connectivity index (χ2n) is 5.46. The first-order valence-corrected chi connectivity index (χ1v) is 7.69. The summed E-state index contributed by atoms with van der Waals surface area (Å²) < 4.78 is 39.1. The normalized spacial score (nSPS) is 14.3. The van der Waals surface area contributed by atoms with E-state index in [-0.39, 0.29) is 5.56 Å². The molecule has 0 atom stereocenters. The number of alkyl halides is 3. The van der Waals surface area contributed by atoms with Gasteiger partial charge < -0.3 is 5.32 Å². The lowest BCUT2D eigenvalue weighted by molar-refractivity contribution is -0.137. The Balaban J connectivity index is 1.86. The third-order valence-corrected chi connectivity index (χ3v) is 4.18. The molecule has 0 spiro atoms. The molecular weight excluding hydrogens is 339 g/mol. The van der Waals surface area contributed by atoms with E-state index < -0.39 is 17.6 Å². The van der Waals surface area contributed by atoms with Gasteiger partial charge >= 0.3 is 6.18 Å². The molecule has 0 unspecified atom stereocenters. The average Bonchev–Trinajstić information content (AvgIpc) is 2.52. The van der Waals surface area contributed by atoms with Gasteiger partial charge in [0, 0.05) is 10.7 Å². The van der Waals surface area contributed by atoms with Crippen LogP contribution < -0.4 is 5.32 Å². The van der Waals surface area contributed by atoms with Gasteiger partial charge in [-0.2, -0.15) is 13.2 Å². The lowest BCUT2D eigenvalue weighted by Gasteiger charge is -2.25. The highest BCUT2D eigenvalue weighted by molar-refractivity contribution is 6.30. The molecule has 2 nitrogen and oxygen atoms in total. The fourth-order valence-electron chi connectivity index (χ4n) is 2.62. The van der Waals surface area contributed by atoms with Gasteiger partial charge in [-0.1, -0.05) is 35.9 Å². The Labute approximate surface area is 141 Å². The number of carbonyl (C=O) groups excluding carboxylic acids is 1. The highest BCUT2D eigenvalue weighted by Crippen LogP contribution is 2.36. The van der Waals surface area contributed by atoms with Crippen LogP contribution in [0.4, 0.5) is 13.2 Å². The molecule has 0 saturated heterocycles. The maximum atomic E-state index is 13.0. The molecule has 0 aliphatic heterocycles. The summed E-state index contributed by atoms with van der Waals surface area (Å²) in [5.74, 6) is -0.746. The van der Waals surface area contributed by atoms with E-state index in [4.69, 9.17) is 11.6 Å². The molecule has 0 aromatic heterocycles. The first-order chi connectivity index (χ1) is 11.4. The van der Waals surface area contributed by atoms with Crippen LogP contribution >= 0.6 is 11.6 Å². The van der Waals surface area contributed by atoms with Crippen LogP contribution in [0.15, 0.2) is 54.2 Å². The van der Waals surface area contributed by atoms with E-state index in [1.165, 1.54) is 18.2 Å². The van der Waals surface area contributed by atoms with Gasteiger partial charge in [-0.25, -0.2) is 0 Å². The van der Waals surface area contributed by atoms with Gasteiger partial charge in [0.1, 0.15) is 0 Å². The van der Waals surface area contributed by atoms with Gasteiger partial charge in [0.2, 0.25) is 0 Å². The Morgan fingerprint density at radius 3 is 2.25 bits per heavy atom. The summed E-state index contributed by atoms with van der Waals surface area (Å²) in [5.41, 5.74) is 1.17. The lowest BCUT2D eigenvalue weighted by Crippen LogP contribution is -2.29. The molecule has 1 aliphatic carbocycles. The largest absolute Gasteiger partial charge is 0.417 e. The third-order valence-electron chi connectivity index (χ3n) is 3.92. The number of hydrogen-bond donors (Lipinski definition) is 1. The monoisotopic (exact) mass is 351 g/mol. The molecule has 0 heterocycles. The maximum absolute atomic E-state index is 13.0. The van der Waals surface area contributed by atoms with E-state index in [2.05, 4.69) is 5.32 Å². The molecule has 1 aliphatic rings. The molecular formula is C18H13ClF3NO. The van der Waals surface area contributed by atoms with Crippen molar-refractivity contribution < 1.29 is 18.0 Å². The highest BCUT2D eigenvalue weighted by Gasteiger charge is 2.35. The van der Waals surface area contributed by atoms with Crippen molar-refractivity contribution in [2.24, 2.45) is 0 Å². The first kappa shape index (κ1) is 16.6. The summed E-state index contributed by atoms with van der Waals surface area (Å²) in [6, 6.07) is 11.9. The van der Waals surface area contributed by atoms with Gasteiger partial charge in [-0.15, -0.1) is 0 Å². The Bertz CT molecular complexity index is 810. The molecule has 3 rings (SSSR count). The van der Waals surface area contributed by atoms with Crippen LogP contribution in [0.5, 0.6) is 0 Å². The average molecular weight is 352 g/mol. The predicted molar refractivity (Wildman–Crippen MR) is 86.5 cm³/mol. The van der Waals surface area contributed by atoms with E-state index in [9.17, 15) is 18.0 Å². The minimum atomic E-state index is -4.57. The van der Waals surface area contributed by atoms with Crippen molar-refractivity contribution in [3.63, 3.8) is 0 Å². The zero-order valence-corrected chi connectivity index (χ0v) is 13.2. The van der Waals surface area contributed by atoms with E-state index in [1.54, 1.807) is 12.1 Å². The lowest BCUT2D eigenvalue weighted by atomic mass is 9.88. The van der Waals surface area contributed by atoms with Crippen LogP contribution in [0.25, 0.3) is 5.57 Å². The number of halogens is 4. The second kappa shape index (κ2) is 6.32. The van der Waals surface area contributed by atoms with Crippen LogP contribution in [0.3, 0.4) is 0 Å². The van der Waals surface area contributed by atoms with Gasteiger partial charge in [-0.3, -0.25) is 4.79 Å². The van der Waals surface area contributed by atoms with Crippen LogP contribution in [-0.4, -0.2) is 5.91 Å². The topological polar surface area (TPSA) is 29.1 Å². The molecule has 0 fully saturated rings. The van der Waals surface area contributed by atoms with Gasteiger partial charge in [0.15, 0.2) is 0 Å². The molecule has 1 amide bonds. The molecule has 2 aromatic rings. The quantitative estimate of drug-likeness (QED) is 0.799. The standard InChI is InChI=1S/C18H13ClF3NO/c19-12-7-5-11(6-8-12)13-9-10-16(13)23-17(24)14-3-1-2-4-15(14)18(20,21)22/h1-8H,9-10H2,(H,23,24). The number of carbonyl (C=O) groups is 1. The fourth-order valence-corrected chi connectivity index (χ4v) is 2.74. The Morgan fingerprint density at radius 1 is 1.00 bits per heavy atom. The van der Waals surface area contributed by atoms with Gasteiger partial charge in [-0.05, 0) is 48.2 Å². The number of allylic oxidation sites excluding steroid dienone is 2. The van der Waals surface area contributed by atoms with E-state index >= 15 is 0 Å². The van der Waals surface area contributed by atoms with Crippen molar-refractivity contribution in [2.75, 3.05) is 0 Å². The number of rotatable bonds is 3. The van der Waals surface area contributed by atoms with Gasteiger partial charge in [0.05, 0.1) is 11.1 Å². The first-order valence-electron chi connectivity index (χ1n) is 7.32. The van der Waals surface area contributed by atoms with Crippen molar-refractivity contribution >= 4 is 23.1 Å². The summed E-state index contributed by atoms with van der Waals surface area (Å²) in [5, 5.41) is 3.22. The molecule has 24 heavy (non-hydrogen) atoms. The smallest absolute Gasteiger partial charge is 0.325 e. The zero-order valence-electron chi connectivity index (χ0n) is 12.5. The number of nitrogens with one attached hydrogen (secondary N) is 1. The Kier molecular flexibility index (Phi) is 4.37. The molecule has 0 radical (unpaired) electrons. The maximum Gasteiger partial charge on any atom is 0.417 e. The molecule has 6 heteroatoms. The van der Waals surface area contributed by atoms with Gasteiger partial charge in [0.25, 0.3) is 5.91 Å². The molecule has 1 N–H and O–H groups in total. The minimum absolute atomic E-state index is 0.375. The van der Waals surface area contributed by atoms with E-state index in [1.807, 2.05) is 12.1 Å². The number of hydrogen-bond acceptors (Lipinski definition) is 1. The molecule has 0 bridgehead atoms. The van der Waals surface area contributed by atoms with Crippen LogP contribution in [0, 0.1) is 0 Å². The van der Waals surface area contributed by atoms with Crippen LogP contribution in [0.1, 0.15) is 34.3 Å². The second-order valence-corrected chi connectivity index (χ2v) is 5.90. The summed E-state index contributed by atoms with van der Waals surface area (Å²) in [4.78, 5) is 12.3. The predicted octanol–water partition coefficient (Wildman–Crippen LogP) is 5.29. The van der Waals surface area contributed by atoms with Crippen LogP contribution in [0.2, 0.25) is 5.02 Å². The van der Waals surface area contributed by atoms with Crippen molar-refractivity contribution in [1.82, 2.24) is 5.32 Å². The van der Waals surface area contributed by atoms with Crippen LogP contribution in [-0.2, 0) is 6.18 Å². The number of amides is 1. The Morgan fingerprint density at radius 2 is 1.67 bits per heavy atom. The van der Waals surface area contributed by atoms with Crippen molar-refractivity contribution in [3.05, 3.63) is 75.9 Å².